The molecule has 0 amide bonds. The minimum Gasteiger partial charge on any atom is -0.324 e. The lowest BCUT2D eigenvalue weighted by atomic mass is 9.80. The molecule has 3 heteroatoms. The van der Waals surface area contributed by atoms with E-state index in [-0.39, 0.29) is 11.9 Å². The molecule has 2 rings (SSSR count). The van der Waals surface area contributed by atoms with E-state index in [1.165, 1.54) is 25.3 Å². The first-order valence-corrected chi connectivity index (χ1v) is 6.17. The van der Waals surface area contributed by atoms with Gasteiger partial charge in [0.1, 0.15) is 5.82 Å². The molecule has 0 aromatic heterocycles. The van der Waals surface area contributed by atoms with Crippen molar-refractivity contribution in [3.8, 4) is 0 Å². The van der Waals surface area contributed by atoms with E-state index in [0.717, 1.165) is 17.9 Å². The summed E-state index contributed by atoms with van der Waals surface area (Å²) < 4.78 is 13.2. The summed E-state index contributed by atoms with van der Waals surface area (Å²) in [6, 6.07) is 3.09. The summed E-state index contributed by atoms with van der Waals surface area (Å²) in [7, 11) is 0. The van der Waals surface area contributed by atoms with Crippen molar-refractivity contribution in [2.45, 2.75) is 38.6 Å². The average molecular weight is 242 g/mol. The molecule has 0 heterocycles. The van der Waals surface area contributed by atoms with E-state index in [1.54, 1.807) is 13.0 Å². The van der Waals surface area contributed by atoms with Crippen molar-refractivity contribution >= 4 is 11.6 Å². The smallest absolute Gasteiger partial charge is 0.127 e. The molecule has 0 saturated heterocycles. The highest BCUT2D eigenvalue weighted by Crippen LogP contribution is 2.36. The molecule has 0 bridgehead atoms. The highest BCUT2D eigenvalue weighted by Gasteiger charge is 2.22. The molecular weight excluding hydrogens is 225 g/mol. The number of hydrogen-bond donors (Lipinski definition) is 1. The van der Waals surface area contributed by atoms with E-state index < -0.39 is 0 Å². The fourth-order valence-electron chi connectivity index (χ4n) is 2.18. The Morgan fingerprint density at radius 2 is 2.19 bits per heavy atom. The van der Waals surface area contributed by atoms with Crippen LogP contribution in [0.3, 0.4) is 0 Å². The first kappa shape index (κ1) is 11.9. The lowest BCUT2D eigenvalue weighted by molar-refractivity contribution is 0.277. The summed E-state index contributed by atoms with van der Waals surface area (Å²) in [4.78, 5) is 0. The van der Waals surface area contributed by atoms with Crippen molar-refractivity contribution in [1.29, 1.82) is 0 Å². The molecule has 1 saturated carbocycles. The molecule has 0 aliphatic heterocycles. The van der Waals surface area contributed by atoms with Crippen LogP contribution in [0.4, 0.5) is 4.39 Å². The third-order valence-electron chi connectivity index (χ3n) is 3.49. The summed E-state index contributed by atoms with van der Waals surface area (Å²) in [5.41, 5.74) is 7.61. The van der Waals surface area contributed by atoms with Crippen LogP contribution in [0.5, 0.6) is 0 Å². The van der Waals surface area contributed by atoms with Gasteiger partial charge in [0.15, 0.2) is 0 Å². The van der Waals surface area contributed by atoms with Crippen molar-refractivity contribution < 1.29 is 4.39 Å². The summed E-state index contributed by atoms with van der Waals surface area (Å²) in [5, 5.41) is 0.454. The van der Waals surface area contributed by atoms with Gasteiger partial charge in [0, 0.05) is 11.1 Å². The molecule has 0 spiro atoms. The Bertz CT molecular complexity index is 388. The van der Waals surface area contributed by atoms with Crippen LogP contribution in [0.15, 0.2) is 12.1 Å². The normalized spacial score (nSPS) is 18.2. The molecule has 1 aromatic rings. The number of nitrogens with two attached hydrogens (primary N) is 1. The first-order chi connectivity index (χ1) is 7.58. The van der Waals surface area contributed by atoms with Crippen molar-refractivity contribution in [2.24, 2.45) is 11.7 Å². The molecule has 88 valence electrons. The minimum atomic E-state index is -0.260. The molecule has 1 atom stereocenters. The van der Waals surface area contributed by atoms with Crippen molar-refractivity contribution in [3.63, 3.8) is 0 Å². The second-order valence-electron chi connectivity index (χ2n) is 4.76. The third kappa shape index (κ3) is 2.38. The van der Waals surface area contributed by atoms with Gasteiger partial charge in [-0.2, -0.15) is 0 Å². The van der Waals surface area contributed by atoms with E-state index in [4.69, 9.17) is 17.3 Å². The Morgan fingerprint density at radius 3 is 2.75 bits per heavy atom. The van der Waals surface area contributed by atoms with Gasteiger partial charge >= 0.3 is 0 Å². The lowest BCUT2D eigenvalue weighted by Gasteiger charge is -2.28. The van der Waals surface area contributed by atoms with Crippen LogP contribution in [-0.2, 0) is 0 Å². The molecule has 0 radical (unpaired) electrons. The SMILES string of the molecule is Cc1cc(C(N)CC2CCC2)c(Cl)cc1F. The number of benzene rings is 1. The zero-order valence-electron chi connectivity index (χ0n) is 9.47. The largest absolute Gasteiger partial charge is 0.324 e. The maximum absolute atomic E-state index is 13.2. The van der Waals surface area contributed by atoms with Crippen molar-refractivity contribution in [1.82, 2.24) is 0 Å². The minimum absolute atomic E-state index is 0.0582. The summed E-state index contributed by atoms with van der Waals surface area (Å²) in [6.07, 6.45) is 4.81. The van der Waals surface area contributed by atoms with Gasteiger partial charge in [-0.25, -0.2) is 4.39 Å². The van der Waals surface area contributed by atoms with E-state index in [1.807, 2.05) is 0 Å². The summed E-state index contributed by atoms with van der Waals surface area (Å²) >= 11 is 6.02. The van der Waals surface area contributed by atoms with Crippen LogP contribution < -0.4 is 5.73 Å². The van der Waals surface area contributed by atoms with E-state index in [0.29, 0.717) is 10.6 Å². The monoisotopic (exact) mass is 241 g/mol. The maximum Gasteiger partial charge on any atom is 0.127 e. The van der Waals surface area contributed by atoms with Crippen LogP contribution in [0.1, 0.15) is 42.9 Å². The fraction of sp³-hybridized carbons (Fsp3) is 0.538. The van der Waals surface area contributed by atoms with E-state index in [2.05, 4.69) is 0 Å². The van der Waals surface area contributed by atoms with Gasteiger partial charge in [0.25, 0.3) is 0 Å². The fourth-order valence-corrected chi connectivity index (χ4v) is 2.47. The summed E-state index contributed by atoms with van der Waals surface area (Å²) in [5.74, 6) is 0.473. The zero-order valence-corrected chi connectivity index (χ0v) is 10.2. The topological polar surface area (TPSA) is 26.0 Å². The van der Waals surface area contributed by atoms with Gasteiger partial charge < -0.3 is 5.73 Å². The Balaban J connectivity index is 2.14. The lowest BCUT2D eigenvalue weighted by Crippen LogP contribution is -2.20. The number of aryl methyl sites for hydroxylation is 1. The predicted octanol–water partition coefficient (Wildman–Crippen LogP) is 3.98. The van der Waals surface area contributed by atoms with Crippen LogP contribution >= 0.6 is 11.6 Å². The third-order valence-corrected chi connectivity index (χ3v) is 3.82. The van der Waals surface area contributed by atoms with Crippen LogP contribution in [0.25, 0.3) is 0 Å². The molecular formula is C13H17ClFN. The van der Waals surface area contributed by atoms with E-state index in [9.17, 15) is 4.39 Å². The highest BCUT2D eigenvalue weighted by molar-refractivity contribution is 6.31. The Kier molecular flexibility index (Phi) is 3.50. The van der Waals surface area contributed by atoms with Crippen LogP contribution in [0, 0.1) is 18.7 Å². The Hall–Kier alpha value is -0.600. The predicted molar refractivity (Wildman–Crippen MR) is 65.0 cm³/mol. The van der Waals surface area contributed by atoms with Crippen molar-refractivity contribution in [2.75, 3.05) is 0 Å². The second kappa shape index (κ2) is 4.72. The van der Waals surface area contributed by atoms with Crippen LogP contribution in [-0.4, -0.2) is 0 Å². The van der Waals surface area contributed by atoms with E-state index >= 15 is 0 Å². The molecule has 16 heavy (non-hydrogen) atoms. The van der Waals surface area contributed by atoms with Gasteiger partial charge in [-0.1, -0.05) is 36.9 Å². The van der Waals surface area contributed by atoms with Crippen LogP contribution in [0.2, 0.25) is 5.02 Å². The highest BCUT2D eigenvalue weighted by atomic mass is 35.5. The maximum atomic E-state index is 13.2. The van der Waals surface area contributed by atoms with Gasteiger partial charge in [0.2, 0.25) is 0 Å². The van der Waals surface area contributed by atoms with Gasteiger partial charge in [-0.3, -0.25) is 0 Å². The summed E-state index contributed by atoms with van der Waals surface area (Å²) in [6.45, 7) is 1.74. The molecule has 1 aromatic carbocycles. The van der Waals surface area contributed by atoms with Gasteiger partial charge in [0.05, 0.1) is 0 Å². The quantitative estimate of drug-likeness (QED) is 0.851. The average Bonchev–Trinajstić information content (AvgIpc) is 2.17. The number of halogens is 2. The van der Waals surface area contributed by atoms with Gasteiger partial charge in [-0.15, -0.1) is 0 Å². The second-order valence-corrected chi connectivity index (χ2v) is 5.17. The molecule has 1 nitrogen and oxygen atoms in total. The Labute approximate surface area is 101 Å². The first-order valence-electron chi connectivity index (χ1n) is 5.79. The molecule has 2 N–H and O–H groups in total. The molecule has 1 aliphatic rings. The van der Waals surface area contributed by atoms with Gasteiger partial charge in [-0.05, 0) is 36.5 Å². The van der Waals surface area contributed by atoms with Crippen molar-refractivity contribution in [3.05, 3.63) is 34.1 Å². The molecule has 1 aliphatic carbocycles. The Morgan fingerprint density at radius 1 is 1.50 bits per heavy atom. The molecule has 1 fully saturated rings. The molecule has 1 unspecified atom stereocenters. The zero-order chi connectivity index (χ0) is 11.7. The standard InChI is InChI=1S/C13H17ClFN/c1-8-5-10(11(14)7-12(8)15)13(16)6-9-3-2-4-9/h5,7,9,13H,2-4,6,16H2,1H3. The number of rotatable bonds is 3. The number of hydrogen-bond acceptors (Lipinski definition) is 1.